The van der Waals surface area contributed by atoms with Crippen molar-refractivity contribution >= 4 is 10.0 Å². The van der Waals surface area contributed by atoms with Crippen LogP contribution < -0.4 is 0 Å². The third-order valence-corrected chi connectivity index (χ3v) is 5.57. The Morgan fingerprint density at radius 2 is 2.14 bits per heavy atom. The molecule has 1 fully saturated rings. The zero-order chi connectivity index (χ0) is 15.5. The van der Waals surface area contributed by atoms with E-state index in [1.54, 1.807) is 0 Å². The minimum Gasteiger partial charge on any atom is -0.395 e. The molecule has 0 aromatic heterocycles. The van der Waals surface area contributed by atoms with Gasteiger partial charge >= 0.3 is 0 Å². The van der Waals surface area contributed by atoms with Crippen molar-refractivity contribution < 1.29 is 17.9 Å². The zero-order valence-corrected chi connectivity index (χ0v) is 12.7. The Hall–Kier alpha value is -1.42. The van der Waals surface area contributed by atoms with E-state index < -0.39 is 15.8 Å². The third-order valence-electron chi connectivity index (χ3n) is 3.67. The molecule has 1 aliphatic rings. The monoisotopic (exact) mass is 311 g/mol. The molecule has 0 aliphatic heterocycles. The van der Waals surface area contributed by atoms with Crippen molar-refractivity contribution in [2.75, 3.05) is 13.7 Å². The number of nitrogens with zero attached hydrogens (tertiary/aromatic N) is 1. The van der Waals surface area contributed by atoms with Gasteiger partial charge in [-0.2, -0.15) is 4.31 Å². The van der Waals surface area contributed by atoms with E-state index in [2.05, 4.69) is 11.8 Å². The molecule has 0 atom stereocenters. The molecule has 4 nitrogen and oxygen atoms in total. The molecule has 0 saturated heterocycles. The Morgan fingerprint density at radius 3 is 2.67 bits per heavy atom. The van der Waals surface area contributed by atoms with Crippen molar-refractivity contribution in [3.8, 4) is 11.8 Å². The molecular weight excluding hydrogens is 293 g/mol. The number of aliphatic hydroxyl groups is 1. The van der Waals surface area contributed by atoms with Crippen molar-refractivity contribution in [2.45, 2.75) is 36.6 Å². The molecule has 2 rings (SSSR count). The second-order valence-electron chi connectivity index (χ2n) is 5.02. The fraction of sp³-hybridized carbons (Fsp3) is 0.467. The summed E-state index contributed by atoms with van der Waals surface area (Å²) in [7, 11) is -2.12. The number of rotatable bonds is 4. The normalized spacial score (nSPS) is 15.4. The first-order chi connectivity index (χ1) is 9.96. The summed E-state index contributed by atoms with van der Waals surface area (Å²) in [4.78, 5) is -0.0536. The highest BCUT2D eigenvalue weighted by molar-refractivity contribution is 7.89. The summed E-state index contributed by atoms with van der Waals surface area (Å²) in [6, 6.07) is 3.76. The minimum absolute atomic E-state index is 0.0158. The first kappa shape index (κ1) is 16.0. The van der Waals surface area contributed by atoms with Gasteiger partial charge in [0, 0.05) is 19.5 Å². The van der Waals surface area contributed by atoms with Crippen molar-refractivity contribution in [1.29, 1.82) is 0 Å². The fourth-order valence-electron chi connectivity index (χ4n) is 2.08. The average Bonchev–Trinajstić information content (AvgIpc) is 2.38. The van der Waals surface area contributed by atoms with Crippen molar-refractivity contribution in [2.24, 2.45) is 0 Å². The van der Waals surface area contributed by atoms with E-state index >= 15 is 0 Å². The Kier molecular flexibility index (Phi) is 4.99. The molecule has 6 heteroatoms. The van der Waals surface area contributed by atoms with E-state index in [0.29, 0.717) is 0 Å². The van der Waals surface area contributed by atoms with Gasteiger partial charge in [-0.25, -0.2) is 12.8 Å². The van der Waals surface area contributed by atoms with Crippen LogP contribution in [-0.4, -0.2) is 37.5 Å². The lowest BCUT2D eigenvalue weighted by atomic mass is 9.94. The Balaban J connectivity index is 2.25. The van der Waals surface area contributed by atoms with Crippen LogP contribution in [0.5, 0.6) is 0 Å². The van der Waals surface area contributed by atoms with Gasteiger partial charge in [0.15, 0.2) is 0 Å². The summed E-state index contributed by atoms with van der Waals surface area (Å²) in [5, 5.41) is 8.63. The molecule has 21 heavy (non-hydrogen) atoms. The van der Waals surface area contributed by atoms with Crippen molar-refractivity contribution in [1.82, 2.24) is 4.31 Å². The summed E-state index contributed by atoms with van der Waals surface area (Å²) < 4.78 is 40.0. The van der Waals surface area contributed by atoms with Crippen LogP contribution >= 0.6 is 0 Å². The van der Waals surface area contributed by atoms with E-state index in [0.717, 1.165) is 25.3 Å². The largest absolute Gasteiger partial charge is 0.395 e. The van der Waals surface area contributed by atoms with E-state index in [1.807, 2.05) is 0 Å². The predicted molar refractivity (Wildman–Crippen MR) is 77.6 cm³/mol. The molecule has 0 spiro atoms. The predicted octanol–water partition coefficient (Wildman–Crippen LogP) is 1.73. The SMILES string of the molecule is CN(C1CCC1)S(=O)(=O)c1ccc(C#CCCO)c(F)c1. The van der Waals surface area contributed by atoms with E-state index in [4.69, 9.17) is 5.11 Å². The number of halogens is 1. The number of hydrogen-bond acceptors (Lipinski definition) is 3. The van der Waals surface area contributed by atoms with Crippen LogP contribution in [-0.2, 0) is 10.0 Å². The molecule has 0 amide bonds. The Bertz CT molecular complexity index is 672. The van der Waals surface area contributed by atoms with Crippen molar-refractivity contribution in [3.05, 3.63) is 29.6 Å². The highest BCUT2D eigenvalue weighted by Gasteiger charge is 2.32. The number of aliphatic hydroxyl groups excluding tert-OH is 1. The smallest absolute Gasteiger partial charge is 0.243 e. The van der Waals surface area contributed by atoms with Gasteiger partial charge in [0.2, 0.25) is 10.0 Å². The lowest BCUT2D eigenvalue weighted by Crippen LogP contribution is -2.41. The topological polar surface area (TPSA) is 57.6 Å². The Morgan fingerprint density at radius 1 is 1.43 bits per heavy atom. The molecular formula is C15H18FNO3S. The molecule has 0 radical (unpaired) electrons. The molecule has 0 bridgehead atoms. The quantitative estimate of drug-likeness (QED) is 0.862. The van der Waals surface area contributed by atoms with E-state index in [9.17, 15) is 12.8 Å². The van der Waals surface area contributed by atoms with E-state index in [-0.39, 0.29) is 29.5 Å². The standard InChI is InChI=1S/C15H18FNO3S/c1-17(13-6-4-7-13)21(19,20)14-9-8-12(15(16)11-14)5-2-3-10-18/h8-9,11,13,18H,3-4,6-7,10H2,1H3. The summed E-state index contributed by atoms with van der Waals surface area (Å²) in [6.07, 6.45) is 2.98. The zero-order valence-electron chi connectivity index (χ0n) is 11.8. The van der Waals surface area contributed by atoms with Gasteiger partial charge in [-0.1, -0.05) is 18.3 Å². The molecule has 114 valence electrons. The number of benzene rings is 1. The lowest BCUT2D eigenvalue weighted by molar-refractivity contribution is 0.249. The summed E-state index contributed by atoms with van der Waals surface area (Å²) in [5.41, 5.74) is 0.133. The molecule has 1 N–H and O–H groups in total. The second kappa shape index (κ2) is 6.56. The first-order valence-corrected chi connectivity index (χ1v) is 8.28. The fourth-order valence-corrected chi connectivity index (χ4v) is 3.51. The maximum Gasteiger partial charge on any atom is 0.243 e. The van der Waals surface area contributed by atoms with Gasteiger partial charge in [-0.15, -0.1) is 0 Å². The van der Waals surface area contributed by atoms with Crippen molar-refractivity contribution in [3.63, 3.8) is 0 Å². The van der Waals surface area contributed by atoms with Crippen LogP contribution in [0.25, 0.3) is 0 Å². The molecule has 1 aliphatic carbocycles. The highest BCUT2D eigenvalue weighted by Crippen LogP contribution is 2.28. The first-order valence-electron chi connectivity index (χ1n) is 6.84. The van der Waals surface area contributed by atoms with Gasteiger partial charge in [0.25, 0.3) is 0 Å². The van der Waals surface area contributed by atoms with Crippen LogP contribution in [0.2, 0.25) is 0 Å². The molecule has 1 saturated carbocycles. The van der Waals surface area contributed by atoms with Crippen LogP contribution in [0.15, 0.2) is 23.1 Å². The maximum absolute atomic E-state index is 13.9. The maximum atomic E-state index is 13.9. The number of hydrogen-bond donors (Lipinski definition) is 1. The van der Waals surface area contributed by atoms with E-state index in [1.165, 1.54) is 23.5 Å². The van der Waals surface area contributed by atoms with Gasteiger partial charge in [0.1, 0.15) is 5.82 Å². The van der Waals surface area contributed by atoms with Crippen LogP contribution in [0, 0.1) is 17.7 Å². The minimum atomic E-state index is -3.66. The second-order valence-corrected chi connectivity index (χ2v) is 7.02. The molecule has 1 aromatic carbocycles. The average molecular weight is 311 g/mol. The molecule has 1 aromatic rings. The van der Waals surface area contributed by atoms with Crippen LogP contribution in [0.4, 0.5) is 4.39 Å². The molecule has 0 unspecified atom stereocenters. The van der Waals surface area contributed by atoms with Crippen LogP contribution in [0.1, 0.15) is 31.2 Å². The van der Waals surface area contributed by atoms with Gasteiger partial charge in [-0.05, 0) is 31.0 Å². The molecule has 0 heterocycles. The summed E-state index contributed by atoms with van der Waals surface area (Å²) >= 11 is 0. The van der Waals surface area contributed by atoms with Gasteiger partial charge in [-0.3, -0.25) is 0 Å². The summed E-state index contributed by atoms with van der Waals surface area (Å²) in [6.45, 7) is -0.0900. The number of sulfonamides is 1. The van der Waals surface area contributed by atoms with Crippen LogP contribution in [0.3, 0.4) is 0 Å². The summed E-state index contributed by atoms with van der Waals surface area (Å²) in [5.74, 6) is 4.52. The van der Waals surface area contributed by atoms with Gasteiger partial charge in [0.05, 0.1) is 17.1 Å². The highest BCUT2D eigenvalue weighted by atomic mass is 32.2. The Labute approximate surface area is 124 Å². The van der Waals surface area contributed by atoms with Gasteiger partial charge < -0.3 is 5.11 Å². The third kappa shape index (κ3) is 3.43. The lowest BCUT2D eigenvalue weighted by Gasteiger charge is -2.33.